The van der Waals surface area contributed by atoms with Crippen LogP contribution in [0.15, 0.2) is 70.2 Å². The Bertz CT molecular complexity index is 1230. The zero-order valence-electron chi connectivity index (χ0n) is 14.5. The number of aryl methyl sites for hydroxylation is 1. The summed E-state index contributed by atoms with van der Waals surface area (Å²) in [6, 6.07) is 15.8. The summed E-state index contributed by atoms with van der Waals surface area (Å²) in [5, 5.41) is 13.1. The number of furan rings is 1. The first-order valence-electron chi connectivity index (χ1n) is 8.40. The van der Waals surface area contributed by atoms with Gasteiger partial charge in [0.15, 0.2) is 15.6 Å². The van der Waals surface area contributed by atoms with Crippen LogP contribution in [0.1, 0.15) is 15.6 Å². The number of hydrogen-bond donors (Lipinski definition) is 1. The van der Waals surface area contributed by atoms with E-state index in [1.165, 1.54) is 12.3 Å². The summed E-state index contributed by atoms with van der Waals surface area (Å²) in [5.41, 5.74) is 0. The second-order valence-corrected chi connectivity index (χ2v) is 9.18. The Hall–Kier alpha value is -3.04. The molecule has 142 valence electrons. The number of carbonyl (C=O) groups is 1. The number of anilines is 1. The Balaban J connectivity index is 1.43. The Morgan fingerprint density at radius 1 is 1.04 bits per heavy atom. The van der Waals surface area contributed by atoms with E-state index in [9.17, 15) is 13.2 Å². The molecule has 0 unspecified atom stereocenters. The number of sulfone groups is 1. The van der Waals surface area contributed by atoms with Crippen LogP contribution in [0.5, 0.6) is 0 Å². The van der Waals surface area contributed by atoms with Crippen molar-refractivity contribution in [3.8, 4) is 0 Å². The van der Waals surface area contributed by atoms with Crippen molar-refractivity contribution < 1.29 is 17.6 Å². The standard InChI is InChI=1S/C19H15N3O4S2/c23-18(16-6-3-10-26-16)20-19-22-21-17(27-19)9-11-28(24,25)15-8-7-13-4-1-2-5-14(13)12-15/h1-8,10,12H,9,11H2,(H,20,22,23). The van der Waals surface area contributed by atoms with Crippen molar-refractivity contribution in [2.45, 2.75) is 11.3 Å². The van der Waals surface area contributed by atoms with Gasteiger partial charge in [0.2, 0.25) is 5.13 Å². The van der Waals surface area contributed by atoms with Crippen molar-refractivity contribution in [3.05, 3.63) is 71.6 Å². The van der Waals surface area contributed by atoms with Crippen molar-refractivity contribution in [1.29, 1.82) is 0 Å². The molecule has 2 aromatic heterocycles. The lowest BCUT2D eigenvalue weighted by molar-refractivity contribution is 0.0996. The quantitative estimate of drug-likeness (QED) is 0.519. The van der Waals surface area contributed by atoms with Crippen molar-refractivity contribution in [2.75, 3.05) is 11.1 Å². The van der Waals surface area contributed by atoms with Crippen LogP contribution in [0.4, 0.5) is 5.13 Å². The molecule has 2 aromatic carbocycles. The van der Waals surface area contributed by atoms with Crippen molar-refractivity contribution >= 4 is 43.0 Å². The molecule has 0 fully saturated rings. The third-order valence-electron chi connectivity index (χ3n) is 4.10. The highest BCUT2D eigenvalue weighted by atomic mass is 32.2. The van der Waals surface area contributed by atoms with E-state index in [1.54, 1.807) is 24.3 Å². The Morgan fingerprint density at radius 2 is 1.86 bits per heavy atom. The van der Waals surface area contributed by atoms with Crippen LogP contribution in [0.25, 0.3) is 10.8 Å². The first-order chi connectivity index (χ1) is 13.5. The van der Waals surface area contributed by atoms with Crippen LogP contribution < -0.4 is 5.32 Å². The number of amides is 1. The van der Waals surface area contributed by atoms with Gasteiger partial charge in [-0.05, 0) is 35.0 Å². The van der Waals surface area contributed by atoms with E-state index in [1.807, 2.05) is 24.3 Å². The van der Waals surface area contributed by atoms with E-state index in [2.05, 4.69) is 15.5 Å². The molecule has 0 aliphatic carbocycles. The van der Waals surface area contributed by atoms with Gasteiger partial charge in [-0.2, -0.15) is 0 Å². The first kappa shape index (κ1) is 18.3. The Morgan fingerprint density at radius 3 is 2.64 bits per heavy atom. The third-order valence-corrected chi connectivity index (χ3v) is 6.71. The highest BCUT2D eigenvalue weighted by Gasteiger charge is 2.17. The van der Waals surface area contributed by atoms with Gasteiger partial charge >= 0.3 is 0 Å². The number of rotatable bonds is 6. The molecule has 4 rings (SSSR count). The number of nitrogens with zero attached hydrogens (tertiary/aromatic N) is 2. The van der Waals surface area contributed by atoms with Crippen LogP contribution in [-0.4, -0.2) is 30.3 Å². The van der Waals surface area contributed by atoms with E-state index < -0.39 is 15.7 Å². The summed E-state index contributed by atoms with van der Waals surface area (Å²) in [6.45, 7) is 0. The van der Waals surface area contributed by atoms with Crippen LogP contribution in [-0.2, 0) is 16.3 Å². The highest BCUT2D eigenvalue weighted by molar-refractivity contribution is 7.91. The minimum Gasteiger partial charge on any atom is -0.459 e. The topological polar surface area (TPSA) is 102 Å². The van der Waals surface area contributed by atoms with E-state index in [0.29, 0.717) is 10.1 Å². The first-order valence-corrected chi connectivity index (χ1v) is 10.9. The number of nitrogens with one attached hydrogen (secondary N) is 1. The minimum atomic E-state index is -3.46. The number of aromatic nitrogens is 2. The second-order valence-electron chi connectivity index (χ2n) is 6.01. The molecular formula is C19H15N3O4S2. The lowest BCUT2D eigenvalue weighted by Gasteiger charge is -2.05. The number of benzene rings is 2. The maximum Gasteiger partial charge on any atom is 0.293 e. The predicted molar refractivity (Wildman–Crippen MR) is 106 cm³/mol. The van der Waals surface area contributed by atoms with Crippen molar-refractivity contribution in [1.82, 2.24) is 10.2 Å². The molecule has 1 amide bonds. The van der Waals surface area contributed by atoms with Gasteiger partial charge in [0.05, 0.1) is 16.9 Å². The van der Waals surface area contributed by atoms with Gasteiger partial charge in [0.1, 0.15) is 5.01 Å². The fourth-order valence-electron chi connectivity index (χ4n) is 2.67. The van der Waals surface area contributed by atoms with Crippen molar-refractivity contribution in [2.24, 2.45) is 0 Å². The van der Waals surface area contributed by atoms with E-state index in [-0.39, 0.29) is 22.8 Å². The molecular weight excluding hydrogens is 398 g/mol. The summed E-state index contributed by atoms with van der Waals surface area (Å²) in [5.74, 6) is -0.362. The van der Waals surface area contributed by atoms with Gasteiger partial charge in [0.25, 0.3) is 5.91 Å². The lowest BCUT2D eigenvalue weighted by atomic mass is 10.1. The molecule has 2 heterocycles. The fraction of sp³-hybridized carbons (Fsp3) is 0.105. The van der Waals surface area contributed by atoms with Gasteiger partial charge in [-0.3, -0.25) is 10.1 Å². The van der Waals surface area contributed by atoms with Gasteiger partial charge in [0, 0.05) is 6.42 Å². The molecule has 0 radical (unpaired) electrons. The van der Waals surface area contributed by atoms with Gasteiger partial charge < -0.3 is 4.42 Å². The second kappa shape index (κ2) is 7.53. The van der Waals surface area contributed by atoms with Crippen LogP contribution in [0, 0.1) is 0 Å². The number of carbonyl (C=O) groups excluding carboxylic acids is 1. The lowest BCUT2D eigenvalue weighted by Crippen LogP contribution is -2.10. The van der Waals surface area contributed by atoms with E-state index in [4.69, 9.17) is 4.42 Å². The Labute approximate surface area is 165 Å². The molecule has 0 bridgehead atoms. The average molecular weight is 413 g/mol. The van der Waals surface area contributed by atoms with Crippen LogP contribution in [0.2, 0.25) is 0 Å². The van der Waals surface area contributed by atoms with Crippen LogP contribution in [0.3, 0.4) is 0 Å². The predicted octanol–water partition coefficient (Wildman–Crippen LogP) is 3.55. The maximum absolute atomic E-state index is 12.7. The highest BCUT2D eigenvalue weighted by Crippen LogP contribution is 2.22. The molecule has 0 atom stereocenters. The summed E-state index contributed by atoms with van der Waals surface area (Å²) in [4.78, 5) is 12.2. The largest absolute Gasteiger partial charge is 0.459 e. The SMILES string of the molecule is O=C(Nc1nnc(CCS(=O)(=O)c2ccc3ccccc3c2)s1)c1ccco1. The summed E-state index contributed by atoms with van der Waals surface area (Å²) < 4.78 is 30.3. The number of hydrogen-bond acceptors (Lipinski definition) is 7. The molecule has 0 aliphatic heterocycles. The van der Waals surface area contributed by atoms with Crippen LogP contribution >= 0.6 is 11.3 Å². The zero-order valence-corrected chi connectivity index (χ0v) is 16.2. The Kier molecular flexibility index (Phi) is 4.93. The van der Waals surface area contributed by atoms with E-state index in [0.717, 1.165) is 22.1 Å². The smallest absolute Gasteiger partial charge is 0.293 e. The molecule has 28 heavy (non-hydrogen) atoms. The van der Waals surface area contributed by atoms with Crippen molar-refractivity contribution in [3.63, 3.8) is 0 Å². The monoisotopic (exact) mass is 413 g/mol. The molecule has 0 saturated heterocycles. The van der Waals surface area contributed by atoms with E-state index >= 15 is 0 Å². The third kappa shape index (κ3) is 3.95. The molecule has 0 spiro atoms. The summed E-state index contributed by atoms with van der Waals surface area (Å²) in [7, 11) is -3.46. The summed E-state index contributed by atoms with van der Waals surface area (Å²) >= 11 is 1.14. The molecule has 0 aliphatic rings. The molecule has 1 N–H and O–H groups in total. The van der Waals surface area contributed by atoms with Gasteiger partial charge in [-0.1, -0.05) is 41.7 Å². The zero-order chi connectivity index (χ0) is 19.6. The van der Waals surface area contributed by atoms with Gasteiger partial charge in [-0.25, -0.2) is 8.42 Å². The average Bonchev–Trinajstić information content (AvgIpc) is 3.38. The maximum atomic E-state index is 12.7. The molecule has 4 aromatic rings. The minimum absolute atomic E-state index is 0.0912. The normalized spacial score (nSPS) is 11.6. The molecule has 0 saturated carbocycles. The molecule has 7 nitrogen and oxygen atoms in total. The summed E-state index contributed by atoms with van der Waals surface area (Å²) in [6.07, 6.45) is 1.61. The fourth-order valence-corrected chi connectivity index (χ4v) is 4.82. The molecule has 9 heteroatoms. The number of fused-ring (bicyclic) bond motifs is 1. The van der Waals surface area contributed by atoms with Gasteiger partial charge in [-0.15, -0.1) is 10.2 Å².